The van der Waals surface area contributed by atoms with Crippen LogP contribution in [0.4, 0.5) is 4.39 Å². The maximum atomic E-state index is 14.9. The fourth-order valence-corrected chi connectivity index (χ4v) is 6.53. The molecule has 0 bridgehead atoms. The summed E-state index contributed by atoms with van der Waals surface area (Å²) >= 11 is 0. The largest absolute Gasteiger partial charge is 0.393 e. The Kier molecular flexibility index (Phi) is 3.15. The second-order valence-corrected chi connectivity index (χ2v) is 8.70. The van der Waals surface area contributed by atoms with Crippen LogP contribution in [0.3, 0.4) is 0 Å². The summed E-state index contributed by atoms with van der Waals surface area (Å²) < 4.78 is 14.9. The first-order valence-electron chi connectivity index (χ1n) is 8.93. The number of ketones is 1. The van der Waals surface area contributed by atoms with Crippen molar-refractivity contribution < 1.29 is 14.3 Å². The van der Waals surface area contributed by atoms with Gasteiger partial charge < -0.3 is 5.11 Å². The minimum atomic E-state index is -0.962. The number of hydrogen-bond donors (Lipinski definition) is 1. The average Bonchev–Trinajstić information content (AvgIpc) is 2.77. The number of aliphatic hydroxyl groups is 1. The quantitative estimate of drug-likeness (QED) is 0.738. The van der Waals surface area contributed by atoms with Gasteiger partial charge in [-0.25, -0.2) is 4.39 Å². The Morgan fingerprint density at radius 2 is 1.95 bits per heavy atom. The van der Waals surface area contributed by atoms with E-state index >= 15 is 0 Å². The first-order valence-corrected chi connectivity index (χ1v) is 8.93. The molecule has 1 unspecified atom stereocenters. The molecule has 3 fully saturated rings. The van der Waals surface area contributed by atoms with Crippen LogP contribution in [0.1, 0.15) is 58.8 Å². The van der Waals surface area contributed by atoms with Crippen LogP contribution >= 0.6 is 0 Å². The molecular weight excluding hydrogens is 279 g/mol. The molecular formula is C19H27FO2. The highest BCUT2D eigenvalue weighted by Crippen LogP contribution is 2.65. The lowest BCUT2D eigenvalue weighted by Gasteiger charge is -2.58. The van der Waals surface area contributed by atoms with Gasteiger partial charge in [0.15, 0.2) is 5.78 Å². The predicted molar refractivity (Wildman–Crippen MR) is 83.0 cm³/mol. The molecule has 0 aromatic carbocycles. The topological polar surface area (TPSA) is 37.3 Å². The molecule has 4 aliphatic rings. The van der Waals surface area contributed by atoms with E-state index < -0.39 is 6.17 Å². The summed E-state index contributed by atoms with van der Waals surface area (Å²) in [5.74, 6) is 1.42. The number of rotatable bonds is 0. The number of carbonyl (C=O) groups excluding carboxylic acids is 1. The maximum absolute atomic E-state index is 14.9. The Bertz CT molecular complexity index is 542. The zero-order valence-electron chi connectivity index (χ0n) is 13.6. The number of carbonyl (C=O) groups is 1. The predicted octanol–water partition coefficient (Wildman–Crippen LogP) is 3.83. The van der Waals surface area contributed by atoms with Gasteiger partial charge >= 0.3 is 0 Å². The number of allylic oxidation sites excluding steroid dienone is 1. The van der Waals surface area contributed by atoms with E-state index in [0.29, 0.717) is 30.6 Å². The lowest BCUT2D eigenvalue weighted by atomic mass is 9.47. The minimum absolute atomic E-state index is 0.0110. The molecule has 0 aromatic rings. The third kappa shape index (κ3) is 1.78. The van der Waals surface area contributed by atoms with E-state index in [1.165, 1.54) is 0 Å². The minimum Gasteiger partial charge on any atom is -0.393 e. The fraction of sp³-hybridized carbons (Fsp3) is 0.842. The van der Waals surface area contributed by atoms with Crippen LogP contribution in [0.25, 0.3) is 0 Å². The van der Waals surface area contributed by atoms with Crippen molar-refractivity contribution in [2.75, 3.05) is 0 Å². The van der Waals surface area contributed by atoms with E-state index in [0.717, 1.165) is 37.7 Å². The Balaban J connectivity index is 1.73. The third-order valence-electron chi connectivity index (χ3n) is 7.89. The second-order valence-electron chi connectivity index (χ2n) is 8.70. The number of halogens is 1. The summed E-state index contributed by atoms with van der Waals surface area (Å²) in [6.07, 6.45) is 6.43. The monoisotopic (exact) mass is 306 g/mol. The normalized spacial score (nSPS) is 54.3. The summed E-state index contributed by atoms with van der Waals surface area (Å²) in [4.78, 5) is 11.8. The molecule has 0 saturated heterocycles. The van der Waals surface area contributed by atoms with Crippen LogP contribution in [0, 0.1) is 28.6 Å². The molecule has 0 radical (unpaired) electrons. The summed E-state index contributed by atoms with van der Waals surface area (Å²) in [5, 5.41) is 10.4. The summed E-state index contributed by atoms with van der Waals surface area (Å²) in [5.41, 5.74) is 0.640. The molecule has 0 aromatic heterocycles. The van der Waals surface area contributed by atoms with Crippen LogP contribution in [0.15, 0.2) is 11.6 Å². The molecule has 22 heavy (non-hydrogen) atoms. The molecule has 4 rings (SSSR count). The number of hydrogen-bond acceptors (Lipinski definition) is 2. The lowest BCUT2D eigenvalue weighted by molar-refractivity contribution is -0.119. The smallest absolute Gasteiger partial charge is 0.155 e. The molecule has 0 amide bonds. The maximum Gasteiger partial charge on any atom is 0.155 e. The van der Waals surface area contributed by atoms with Crippen molar-refractivity contribution in [2.24, 2.45) is 28.6 Å². The van der Waals surface area contributed by atoms with E-state index in [1.807, 2.05) is 0 Å². The summed E-state index contributed by atoms with van der Waals surface area (Å²) in [6.45, 7) is 4.42. The molecule has 1 N–H and O–H groups in total. The Hall–Kier alpha value is -0.700. The van der Waals surface area contributed by atoms with E-state index in [9.17, 15) is 14.3 Å². The van der Waals surface area contributed by atoms with Gasteiger partial charge in [-0.3, -0.25) is 4.79 Å². The van der Waals surface area contributed by atoms with E-state index in [1.54, 1.807) is 6.08 Å². The molecule has 0 heterocycles. The molecule has 0 aliphatic heterocycles. The number of aliphatic hydroxyl groups excluding tert-OH is 1. The van der Waals surface area contributed by atoms with Crippen LogP contribution in [-0.2, 0) is 4.79 Å². The van der Waals surface area contributed by atoms with E-state index in [2.05, 4.69) is 13.8 Å². The molecule has 0 spiro atoms. The van der Waals surface area contributed by atoms with Crippen LogP contribution in [0.2, 0.25) is 0 Å². The fourth-order valence-electron chi connectivity index (χ4n) is 6.53. The standard InChI is InChI=1S/C19H27FO2/c1-18-7-5-11(21)9-15(18)16(20)10-12-13-3-4-17(22)19(13,2)8-6-14(12)18/h9,12-14,16-17,22H,3-8,10H2,1-2H3/t12-,13-,14-,16?,17-,18+,19-/m0/s1. The van der Waals surface area contributed by atoms with Crippen molar-refractivity contribution in [1.82, 2.24) is 0 Å². The van der Waals surface area contributed by atoms with Gasteiger partial charge in [0.25, 0.3) is 0 Å². The highest BCUT2D eigenvalue weighted by atomic mass is 19.1. The zero-order chi connectivity index (χ0) is 15.7. The Labute approximate surface area is 132 Å². The SMILES string of the molecule is C[C@]12CC[C@H]3[C@@H](CC(F)C4=CC(=O)CC[C@@]43C)[C@@H]1CC[C@@H]2O. The first-order chi connectivity index (χ1) is 10.4. The number of alkyl halides is 1. The lowest BCUT2D eigenvalue weighted by Crippen LogP contribution is -2.53. The molecule has 7 atom stereocenters. The highest BCUT2D eigenvalue weighted by Gasteiger charge is 2.60. The van der Waals surface area contributed by atoms with Crippen LogP contribution in [0.5, 0.6) is 0 Å². The first kappa shape index (κ1) is 14.9. The van der Waals surface area contributed by atoms with E-state index in [4.69, 9.17) is 0 Å². The van der Waals surface area contributed by atoms with Crippen LogP contribution in [-0.4, -0.2) is 23.2 Å². The van der Waals surface area contributed by atoms with Crippen molar-refractivity contribution in [1.29, 1.82) is 0 Å². The Morgan fingerprint density at radius 3 is 2.73 bits per heavy atom. The van der Waals surface area contributed by atoms with Gasteiger partial charge in [-0.2, -0.15) is 0 Å². The van der Waals surface area contributed by atoms with Gasteiger partial charge in [0, 0.05) is 6.42 Å². The molecule has 3 saturated carbocycles. The van der Waals surface area contributed by atoms with Gasteiger partial charge in [0.05, 0.1) is 6.10 Å². The van der Waals surface area contributed by atoms with Crippen molar-refractivity contribution in [3.05, 3.63) is 11.6 Å². The van der Waals surface area contributed by atoms with Crippen LogP contribution < -0.4 is 0 Å². The van der Waals surface area contributed by atoms with Gasteiger partial charge in [0.1, 0.15) is 6.17 Å². The molecule has 4 aliphatic carbocycles. The average molecular weight is 306 g/mol. The second kappa shape index (κ2) is 4.66. The molecule has 3 heteroatoms. The van der Waals surface area contributed by atoms with Crippen molar-refractivity contribution >= 4 is 5.78 Å². The summed E-state index contributed by atoms with van der Waals surface area (Å²) in [7, 11) is 0. The van der Waals surface area contributed by atoms with Crippen molar-refractivity contribution in [3.8, 4) is 0 Å². The number of fused-ring (bicyclic) bond motifs is 5. The van der Waals surface area contributed by atoms with Gasteiger partial charge in [-0.1, -0.05) is 13.8 Å². The highest BCUT2D eigenvalue weighted by molar-refractivity contribution is 5.91. The molecule has 2 nitrogen and oxygen atoms in total. The van der Waals surface area contributed by atoms with Gasteiger partial charge in [-0.05, 0) is 78.8 Å². The third-order valence-corrected chi connectivity index (χ3v) is 7.89. The van der Waals surface area contributed by atoms with E-state index in [-0.39, 0.29) is 22.7 Å². The van der Waals surface area contributed by atoms with Crippen molar-refractivity contribution in [2.45, 2.75) is 71.1 Å². The summed E-state index contributed by atoms with van der Waals surface area (Å²) in [6, 6.07) is 0. The molecule has 122 valence electrons. The van der Waals surface area contributed by atoms with Crippen molar-refractivity contribution in [3.63, 3.8) is 0 Å². The van der Waals surface area contributed by atoms with Gasteiger partial charge in [-0.15, -0.1) is 0 Å². The van der Waals surface area contributed by atoms with Gasteiger partial charge in [0.2, 0.25) is 0 Å². The Morgan fingerprint density at radius 1 is 1.18 bits per heavy atom. The zero-order valence-corrected chi connectivity index (χ0v) is 13.6.